The largest absolute Gasteiger partial charge is 0.508 e. The number of hydrogen-bond acceptors (Lipinski definition) is 3. The zero-order chi connectivity index (χ0) is 13.0. The second-order valence-electron chi connectivity index (χ2n) is 4.95. The molecule has 0 aliphatic carbocycles. The molecule has 0 saturated carbocycles. The molecule has 18 heavy (non-hydrogen) atoms. The van der Waals surface area contributed by atoms with Crippen LogP contribution in [0.4, 0.5) is 0 Å². The first kappa shape index (κ1) is 13.4. The summed E-state index contributed by atoms with van der Waals surface area (Å²) in [4.78, 5) is 2.40. The Labute approximate surface area is 109 Å². The number of ether oxygens (including phenoxy) is 1. The lowest BCUT2D eigenvalue weighted by Crippen LogP contribution is -2.41. The summed E-state index contributed by atoms with van der Waals surface area (Å²) >= 11 is 0. The van der Waals surface area contributed by atoms with E-state index in [2.05, 4.69) is 11.8 Å². The lowest BCUT2D eigenvalue weighted by atomic mass is 10.0. The molecular weight excluding hydrogens is 226 g/mol. The number of rotatable bonds is 4. The van der Waals surface area contributed by atoms with Crippen molar-refractivity contribution < 1.29 is 9.84 Å². The van der Waals surface area contributed by atoms with Crippen molar-refractivity contribution in [3.8, 4) is 5.75 Å². The van der Waals surface area contributed by atoms with Gasteiger partial charge in [0.2, 0.25) is 0 Å². The number of para-hydroxylation sites is 1. The molecule has 2 atom stereocenters. The number of hydrogen-bond donors (Lipinski definition) is 1. The Hall–Kier alpha value is -1.06. The van der Waals surface area contributed by atoms with Gasteiger partial charge in [0, 0.05) is 24.8 Å². The van der Waals surface area contributed by atoms with Gasteiger partial charge in [-0.15, -0.1) is 0 Å². The van der Waals surface area contributed by atoms with Crippen LogP contribution in [0.15, 0.2) is 24.3 Å². The van der Waals surface area contributed by atoms with Crippen molar-refractivity contribution in [2.75, 3.05) is 19.7 Å². The summed E-state index contributed by atoms with van der Waals surface area (Å²) in [5, 5.41) is 9.92. The van der Waals surface area contributed by atoms with Crippen LogP contribution in [0.25, 0.3) is 0 Å². The van der Waals surface area contributed by atoms with Gasteiger partial charge in [-0.1, -0.05) is 18.2 Å². The smallest absolute Gasteiger partial charge is 0.120 e. The van der Waals surface area contributed by atoms with Gasteiger partial charge in [-0.05, 0) is 39.3 Å². The molecule has 3 nitrogen and oxygen atoms in total. The second kappa shape index (κ2) is 6.21. The predicted molar refractivity (Wildman–Crippen MR) is 72.7 cm³/mol. The highest BCUT2D eigenvalue weighted by atomic mass is 16.5. The summed E-state index contributed by atoms with van der Waals surface area (Å²) in [5.41, 5.74) is 1.01. The van der Waals surface area contributed by atoms with Crippen molar-refractivity contribution in [2.45, 2.75) is 38.8 Å². The Morgan fingerprint density at radius 1 is 1.44 bits per heavy atom. The first-order chi connectivity index (χ1) is 8.72. The fourth-order valence-corrected chi connectivity index (χ4v) is 2.73. The summed E-state index contributed by atoms with van der Waals surface area (Å²) in [6, 6.07) is 7.86. The van der Waals surface area contributed by atoms with Crippen LogP contribution >= 0.6 is 0 Å². The maximum absolute atomic E-state index is 9.92. The number of likely N-dealkylation sites (tertiary alicyclic amines) is 1. The van der Waals surface area contributed by atoms with Gasteiger partial charge < -0.3 is 9.84 Å². The van der Waals surface area contributed by atoms with Gasteiger partial charge in [-0.25, -0.2) is 0 Å². The van der Waals surface area contributed by atoms with E-state index in [1.807, 2.05) is 25.1 Å². The van der Waals surface area contributed by atoms with E-state index in [1.54, 1.807) is 6.07 Å². The molecule has 100 valence electrons. The van der Waals surface area contributed by atoms with Gasteiger partial charge in [0.15, 0.2) is 0 Å². The molecule has 1 heterocycles. The quantitative estimate of drug-likeness (QED) is 0.890. The molecule has 1 fully saturated rings. The summed E-state index contributed by atoms with van der Waals surface area (Å²) in [7, 11) is 0. The molecule has 0 spiro atoms. The van der Waals surface area contributed by atoms with Gasteiger partial charge in [-0.2, -0.15) is 0 Å². The monoisotopic (exact) mass is 249 g/mol. The predicted octanol–water partition coefficient (Wildman–Crippen LogP) is 2.95. The number of benzene rings is 1. The molecule has 1 N–H and O–H groups in total. The van der Waals surface area contributed by atoms with E-state index >= 15 is 0 Å². The molecule has 0 amide bonds. The minimum absolute atomic E-state index is 0.245. The van der Waals surface area contributed by atoms with E-state index < -0.39 is 0 Å². The fraction of sp³-hybridized carbons (Fsp3) is 0.600. The highest BCUT2D eigenvalue weighted by Gasteiger charge is 2.25. The topological polar surface area (TPSA) is 32.7 Å². The third-order valence-corrected chi connectivity index (χ3v) is 3.75. The zero-order valence-corrected chi connectivity index (χ0v) is 11.3. The second-order valence-corrected chi connectivity index (χ2v) is 4.95. The van der Waals surface area contributed by atoms with Gasteiger partial charge in [0.05, 0.1) is 6.10 Å². The average molecular weight is 249 g/mol. The summed E-state index contributed by atoms with van der Waals surface area (Å²) in [5.74, 6) is 0.392. The fourth-order valence-electron chi connectivity index (χ4n) is 2.73. The van der Waals surface area contributed by atoms with Crippen molar-refractivity contribution in [1.29, 1.82) is 0 Å². The van der Waals surface area contributed by atoms with Crippen LogP contribution in [0.3, 0.4) is 0 Å². The highest BCUT2D eigenvalue weighted by Crippen LogP contribution is 2.30. The molecule has 1 saturated heterocycles. The highest BCUT2D eigenvalue weighted by molar-refractivity contribution is 5.34. The molecule has 0 aromatic heterocycles. The van der Waals surface area contributed by atoms with E-state index in [9.17, 15) is 5.11 Å². The van der Waals surface area contributed by atoms with E-state index in [0.29, 0.717) is 11.9 Å². The summed E-state index contributed by atoms with van der Waals surface area (Å²) in [6.45, 7) is 7.03. The number of phenolic OH excluding ortho intramolecular Hbond substituents is 1. The van der Waals surface area contributed by atoms with Crippen molar-refractivity contribution in [1.82, 2.24) is 4.90 Å². The lowest BCUT2D eigenvalue weighted by molar-refractivity contribution is -0.00563. The van der Waals surface area contributed by atoms with Gasteiger partial charge in [-0.3, -0.25) is 4.90 Å². The van der Waals surface area contributed by atoms with Crippen LogP contribution in [0.5, 0.6) is 5.75 Å². The zero-order valence-electron chi connectivity index (χ0n) is 11.3. The molecule has 2 rings (SSSR count). The lowest BCUT2D eigenvalue weighted by Gasteiger charge is -2.36. The molecule has 1 aliphatic rings. The molecule has 0 radical (unpaired) electrons. The SMILES string of the molecule is CCOC1CCCN(C(C)c2ccccc2O)C1. The van der Waals surface area contributed by atoms with Crippen LogP contribution in [0.1, 0.15) is 38.3 Å². The van der Waals surface area contributed by atoms with Gasteiger partial charge in [0.1, 0.15) is 5.75 Å². The first-order valence-electron chi connectivity index (χ1n) is 6.86. The Balaban J connectivity index is 2.04. The van der Waals surface area contributed by atoms with Crippen molar-refractivity contribution in [3.63, 3.8) is 0 Å². The van der Waals surface area contributed by atoms with Crippen molar-refractivity contribution in [3.05, 3.63) is 29.8 Å². The van der Waals surface area contributed by atoms with Gasteiger partial charge in [0.25, 0.3) is 0 Å². The molecule has 3 heteroatoms. The Morgan fingerprint density at radius 2 is 2.22 bits per heavy atom. The molecule has 1 aromatic carbocycles. The van der Waals surface area contributed by atoms with Crippen molar-refractivity contribution in [2.24, 2.45) is 0 Å². The minimum atomic E-state index is 0.245. The van der Waals surface area contributed by atoms with Crippen LogP contribution in [-0.4, -0.2) is 35.8 Å². The van der Waals surface area contributed by atoms with E-state index in [-0.39, 0.29) is 6.04 Å². The molecule has 2 unspecified atom stereocenters. The summed E-state index contributed by atoms with van der Waals surface area (Å²) in [6.07, 6.45) is 2.66. The Morgan fingerprint density at radius 3 is 2.94 bits per heavy atom. The average Bonchev–Trinajstić information content (AvgIpc) is 2.39. The van der Waals surface area contributed by atoms with Crippen LogP contribution in [-0.2, 0) is 4.74 Å². The van der Waals surface area contributed by atoms with E-state index in [0.717, 1.165) is 31.7 Å². The number of nitrogens with zero attached hydrogens (tertiary/aromatic N) is 1. The normalized spacial score (nSPS) is 22.9. The minimum Gasteiger partial charge on any atom is -0.508 e. The number of piperidine rings is 1. The Bertz CT molecular complexity index is 379. The van der Waals surface area contributed by atoms with E-state index in [4.69, 9.17) is 4.74 Å². The Kier molecular flexibility index (Phi) is 4.61. The van der Waals surface area contributed by atoms with Crippen molar-refractivity contribution >= 4 is 0 Å². The van der Waals surface area contributed by atoms with Crippen LogP contribution in [0, 0.1) is 0 Å². The maximum Gasteiger partial charge on any atom is 0.120 e. The first-order valence-corrected chi connectivity index (χ1v) is 6.86. The number of phenols is 1. The molecule has 1 aliphatic heterocycles. The van der Waals surface area contributed by atoms with Crippen LogP contribution < -0.4 is 0 Å². The molecule has 0 bridgehead atoms. The van der Waals surface area contributed by atoms with Gasteiger partial charge >= 0.3 is 0 Å². The third kappa shape index (κ3) is 3.03. The third-order valence-electron chi connectivity index (χ3n) is 3.75. The maximum atomic E-state index is 9.92. The standard InChI is InChI=1S/C15H23NO2/c1-3-18-13-7-6-10-16(11-13)12(2)14-8-4-5-9-15(14)17/h4-5,8-9,12-13,17H,3,6-7,10-11H2,1-2H3. The van der Waals surface area contributed by atoms with Crippen LogP contribution in [0.2, 0.25) is 0 Å². The van der Waals surface area contributed by atoms with E-state index in [1.165, 1.54) is 6.42 Å². The molecular formula is C15H23NO2. The number of aromatic hydroxyl groups is 1. The summed E-state index contributed by atoms with van der Waals surface area (Å²) < 4.78 is 5.73. The molecule has 1 aromatic rings.